The van der Waals surface area contributed by atoms with E-state index in [1.165, 1.54) is 37.7 Å². The van der Waals surface area contributed by atoms with Crippen LogP contribution in [-0.4, -0.2) is 25.8 Å². The van der Waals surface area contributed by atoms with Gasteiger partial charge in [-0.1, -0.05) is 73.9 Å². The predicted octanol–water partition coefficient (Wildman–Crippen LogP) is 6.34. The van der Waals surface area contributed by atoms with Crippen LogP contribution < -0.4 is 0 Å². The molecule has 3 aromatic rings. The van der Waals surface area contributed by atoms with E-state index in [1.54, 1.807) is 29.2 Å². The molecular formula is C26H29ClFN3O3. The van der Waals surface area contributed by atoms with Gasteiger partial charge in [0.1, 0.15) is 30.2 Å². The fourth-order valence-electron chi connectivity index (χ4n) is 3.71. The highest BCUT2D eigenvalue weighted by atomic mass is 35.5. The maximum absolute atomic E-state index is 13.3. The maximum Gasteiger partial charge on any atom is 0.307 e. The van der Waals surface area contributed by atoms with E-state index in [0.717, 1.165) is 17.5 Å². The Morgan fingerprint density at radius 2 is 1.97 bits per heavy atom. The number of ether oxygens (including phenoxy) is 1. The standard InChI is InChI=1S/C17H13ClFN3O.C9H16O2/c18-15-4-2-1-3-14(15)16-17(23-16,9-22-11-20-10-21-22)12-5-7-13(19)8-6-12;1-2-3-4-5-6-7-8-9(10)11/h1-8,10-11,16H,9H2;6-7H,2-5,8H2,1H3,(H,10,11)/b;7-6+. The molecule has 4 rings (SSSR count). The van der Waals surface area contributed by atoms with Crippen LogP contribution in [0.3, 0.4) is 0 Å². The third-order valence-corrected chi connectivity index (χ3v) is 5.86. The van der Waals surface area contributed by atoms with Crippen molar-refractivity contribution < 1.29 is 19.0 Å². The van der Waals surface area contributed by atoms with E-state index in [4.69, 9.17) is 21.4 Å². The molecule has 1 fully saturated rings. The highest BCUT2D eigenvalue weighted by Crippen LogP contribution is 2.59. The van der Waals surface area contributed by atoms with Crippen LogP contribution in [-0.2, 0) is 21.7 Å². The molecule has 1 aliphatic heterocycles. The summed E-state index contributed by atoms with van der Waals surface area (Å²) in [4.78, 5) is 14.0. The fourth-order valence-corrected chi connectivity index (χ4v) is 3.95. The number of carbonyl (C=O) groups is 1. The van der Waals surface area contributed by atoms with Gasteiger partial charge in [0.2, 0.25) is 0 Å². The maximum atomic E-state index is 13.3. The highest BCUT2D eigenvalue weighted by molar-refractivity contribution is 6.31. The summed E-state index contributed by atoms with van der Waals surface area (Å²) in [7, 11) is 0. The molecule has 1 aliphatic rings. The number of unbranched alkanes of at least 4 members (excludes halogenated alkanes) is 3. The number of aliphatic carboxylic acids is 1. The smallest absolute Gasteiger partial charge is 0.307 e. The zero-order valence-electron chi connectivity index (χ0n) is 19.1. The number of aromatic nitrogens is 3. The van der Waals surface area contributed by atoms with Gasteiger partial charge in [-0.15, -0.1) is 0 Å². The van der Waals surface area contributed by atoms with E-state index in [2.05, 4.69) is 17.0 Å². The Kier molecular flexibility index (Phi) is 9.36. The molecule has 2 heterocycles. The van der Waals surface area contributed by atoms with Crippen molar-refractivity contribution in [3.05, 3.63) is 95.3 Å². The van der Waals surface area contributed by atoms with Gasteiger partial charge in [0.15, 0.2) is 0 Å². The molecule has 2 atom stereocenters. The lowest BCUT2D eigenvalue weighted by atomic mass is 9.91. The van der Waals surface area contributed by atoms with Crippen molar-refractivity contribution in [2.75, 3.05) is 0 Å². The van der Waals surface area contributed by atoms with Crippen molar-refractivity contribution in [1.29, 1.82) is 0 Å². The van der Waals surface area contributed by atoms with Gasteiger partial charge in [0, 0.05) is 10.6 Å². The second-order valence-electron chi connectivity index (χ2n) is 8.07. The van der Waals surface area contributed by atoms with Gasteiger partial charge < -0.3 is 9.84 Å². The van der Waals surface area contributed by atoms with Crippen molar-refractivity contribution >= 4 is 17.6 Å². The van der Waals surface area contributed by atoms with E-state index in [0.29, 0.717) is 11.6 Å². The Morgan fingerprint density at radius 3 is 2.62 bits per heavy atom. The molecule has 0 spiro atoms. The average Bonchev–Trinajstić information content (AvgIpc) is 3.29. The molecule has 0 aliphatic carbocycles. The van der Waals surface area contributed by atoms with Gasteiger partial charge in [0.05, 0.1) is 13.0 Å². The van der Waals surface area contributed by atoms with E-state index in [1.807, 2.05) is 30.3 Å². The topological polar surface area (TPSA) is 80.5 Å². The van der Waals surface area contributed by atoms with Gasteiger partial charge in [-0.25, -0.2) is 14.1 Å². The van der Waals surface area contributed by atoms with E-state index in [9.17, 15) is 9.18 Å². The van der Waals surface area contributed by atoms with Gasteiger partial charge in [-0.3, -0.25) is 4.79 Å². The molecule has 1 saturated heterocycles. The molecule has 1 aromatic heterocycles. The number of allylic oxidation sites excluding steroid dienone is 1. The zero-order valence-corrected chi connectivity index (χ0v) is 19.9. The number of hydrogen-bond acceptors (Lipinski definition) is 4. The third-order valence-electron chi connectivity index (χ3n) is 5.51. The van der Waals surface area contributed by atoms with E-state index < -0.39 is 11.6 Å². The molecule has 0 radical (unpaired) electrons. The fraction of sp³-hybridized carbons (Fsp3) is 0.346. The molecule has 34 heavy (non-hydrogen) atoms. The Balaban J connectivity index is 0.000000252. The van der Waals surface area contributed by atoms with Crippen LogP contribution in [0.4, 0.5) is 4.39 Å². The van der Waals surface area contributed by atoms with Gasteiger partial charge in [0.25, 0.3) is 0 Å². The molecule has 0 bridgehead atoms. The number of halogens is 2. The molecule has 180 valence electrons. The van der Waals surface area contributed by atoms with Crippen molar-refractivity contribution in [2.24, 2.45) is 0 Å². The normalized spacial score (nSPS) is 19.0. The van der Waals surface area contributed by atoms with Gasteiger partial charge >= 0.3 is 5.97 Å². The first-order valence-electron chi connectivity index (χ1n) is 11.3. The largest absolute Gasteiger partial charge is 0.481 e. The molecule has 0 amide bonds. The molecular weight excluding hydrogens is 457 g/mol. The van der Waals surface area contributed by atoms with Crippen LogP contribution in [0.15, 0.2) is 73.3 Å². The minimum absolute atomic E-state index is 0.159. The lowest BCUT2D eigenvalue weighted by Gasteiger charge is -2.14. The Hall–Kier alpha value is -3.03. The van der Waals surface area contributed by atoms with Crippen LogP contribution >= 0.6 is 11.6 Å². The summed E-state index contributed by atoms with van der Waals surface area (Å²) in [5, 5.41) is 13.1. The molecule has 2 unspecified atom stereocenters. The van der Waals surface area contributed by atoms with E-state index in [-0.39, 0.29) is 18.3 Å². The summed E-state index contributed by atoms with van der Waals surface area (Å²) in [5.74, 6) is -1.03. The van der Waals surface area contributed by atoms with Crippen LogP contribution in [0.2, 0.25) is 5.02 Å². The number of nitrogens with zero attached hydrogens (tertiary/aromatic N) is 3. The van der Waals surface area contributed by atoms with Crippen LogP contribution in [0, 0.1) is 5.82 Å². The van der Waals surface area contributed by atoms with Crippen LogP contribution in [0.1, 0.15) is 56.3 Å². The summed E-state index contributed by atoms with van der Waals surface area (Å²) in [6.45, 7) is 2.63. The molecule has 0 saturated carbocycles. The van der Waals surface area contributed by atoms with Crippen molar-refractivity contribution in [3.8, 4) is 0 Å². The quantitative estimate of drug-likeness (QED) is 0.206. The predicted molar refractivity (Wildman–Crippen MR) is 129 cm³/mol. The average molecular weight is 486 g/mol. The SMILES string of the molecule is CCCCC/C=C/CC(=O)O.Fc1ccc(C2(Cn3cncn3)OC2c2ccccc2Cl)cc1. The van der Waals surface area contributed by atoms with Crippen LogP contribution in [0.5, 0.6) is 0 Å². The number of rotatable bonds is 10. The zero-order chi connectivity index (χ0) is 24.4. The Labute approximate surface area is 204 Å². The van der Waals surface area contributed by atoms with Crippen molar-refractivity contribution in [2.45, 2.75) is 57.3 Å². The lowest BCUT2D eigenvalue weighted by Crippen LogP contribution is -2.19. The summed E-state index contributed by atoms with van der Waals surface area (Å²) in [5.41, 5.74) is 1.18. The summed E-state index contributed by atoms with van der Waals surface area (Å²) in [6, 6.07) is 13.9. The first-order valence-corrected chi connectivity index (χ1v) is 11.7. The summed E-state index contributed by atoms with van der Waals surface area (Å²) >= 11 is 6.31. The summed E-state index contributed by atoms with van der Waals surface area (Å²) in [6.07, 6.45) is 11.4. The lowest BCUT2D eigenvalue weighted by molar-refractivity contribution is -0.136. The number of hydrogen-bond donors (Lipinski definition) is 1. The minimum Gasteiger partial charge on any atom is -0.481 e. The monoisotopic (exact) mass is 485 g/mol. The first kappa shape index (κ1) is 25.6. The Morgan fingerprint density at radius 1 is 1.21 bits per heavy atom. The summed E-state index contributed by atoms with van der Waals surface area (Å²) < 4.78 is 21.1. The second-order valence-corrected chi connectivity index (χ2v) is 8.48. The first-order chi connectivity index (χ1) is 16.5. The second kappa shape index (κ2) is 12.4. The van der Waals surface area contributed by atoms with Gasteiger partial charge in [-0.05, 0) is 36.6 Å². The Bertz CT molecular complexity index is 1070. The van der Waals surface area contributed by atoms with Crippen molar-refractivity contribution in [3.63, 3.8) is 0 Å². The molecule has 1 N–H and O–H groups in total. The highest BCUT2D eigenvalue weighted by Gasteiger charge is 2.59. The van der Waals surface area contributed by atoms with Gasteiger partial charge in [-0.2, -0.15) is 5.10 Å². The molecule has 6 nitrogen and oxygen atoms in total. The number of benzene rings is 2. The minimum atomic E-state index is -0.753. The third kappa shape index (κ3) is 6.98. The number of carboxylic acid groups (broad SMARTS) is 1. The van der Waals surface area contributed by atoms with Crippen molar-refractivity contribution in [1.82, 2.24) is 14.8 Å². The molecule has 2 aromatic carbocycles. The van der Waals surface area contributed by atoms with E-state index >= 15 is 0 Å². The number of epoxide rings is 1. The molecule has 8 heteroatoms. The van der Waals surface area contributed by atoms with Crippen LogP contribution in [0.25, 0.3) is 0 Å². The number of carboxylic acids is 1.